The van der Waals surface area contributed by atoms with Gasteiger partial charge in [-0.2, -0.15) is 0 Å². The SMILES string of the molecule is CCCC1OC1CCCCCCCCCCOC(=O)C1CC2OC2CC1C(=O)OCCCCCCCCCCC1OC1CCC. The highest BCUT2D eigenvalue weighted by Crippen LogP contribution is 2.44. The number of rotatable bonds is 28. The van der Waals surface area contributed by atoms with Crippen LogP contribution in [-0.2, 0) is 33.3 Å². The molecule has 1 saturated carbocycles. The highest BCUT2D eigenvalue weighted by molar-refractivity contribution is 5.82. The molecular formula is C38H66O7. The van der Waals surface area contributed by atoms with Crippen molar-refractivity contribution >= 4 is 11.9 Å². The van der Waals surface area contributed by atoms with E-state index in [1.165, 1.54) is 116 Å². The third kappa shape index (κ3) is 14.2. The molecule has 3 heterocycles. The Kier molecular flexibility index (Phi) is 17.0. The molecule has 3 saturated heterocycles. The number of ether oxygens (including phenoxy) is 5. The van der Waals surface area contributed by atoms with Gasteiger partial charge in [0.2, 0.25) is 0 Å². The largest absolute Gasteiger partial charge is 0.465 e. The Morgan fingerprint density at radius 2 is 0.800 bits per heavy atom. The van der Waals surface area contributed by atoms with Crippen LogP contribution in [0.3, 0.4) is 0 Å². The molecule has 8 unspecified atom stereocenters. The van der Waals surface area contributed by atoms with Gasteiger partial charge in [-0.25, -0.2) is 0 Å². The van der Waals surface area contributed by atoms with Crippen molar-refractivity contribution in [3.63, 3.8) is 0 Å². The Morgan fingerprint density at radius 1 is 0.467 bits per heavy atom. The first-order valence-corrected chi connectivity index (χ1v) is 19.4. The molecule has 0 spiro atoms. The molecule has 8 atom stereocenters. The number of fused-ring (bicyclic) bond motifs is 1. The van der Waals surface area contributed by atoms with Crippen LogP contribution in [0.25, 0.3) is 0 Å². The molecule has 7 heteroatoms. The van der Waals surface area contributed by atoms with Gasteiger partial charge in [0.15, 0.2) is 0 Å². The number of carbonyl (C=O) groups is 2. The molecule has 0 aromatic heterocycles. The van der Waals surface area contributed by atoms with E-state index in [9.17, 15) is 9.59 Å². The second kappa shape index (κ2) is 20.9. The van der Waals surface area contributed by atoms with Gasteiger partial charge in [0.25, 0.3) is 0 Å². The Morgan fingerprint density at radius 3 is 1.18 bits per heavy atom. The molecule has 260 valence electrons. The van der Waals surface area contributed by atoms with E-state index in [4.69, 9.17) is 23.7 Å². The van der Waals surface area contributed by atoms with E-state index >= 15 is 0 Å². The Bertz CT molecular complexity index is 767. The highest BCUT2D eigenvalue weighted by atomic mass is 16.6. The van der Waals surface area contributed by atoms with Crippen LogP contribution in [0.15, 0.2) is 0 Å². The van der Waals surface area contributed by atoms with Crippen LogP contribution in [-0.4, -0.2) is 61.8 Å². The molecule has 0 N–H and O–H groups in total. The van der Waals surface area contributed by atoms with Gasteiger partial charge in [0, 0.05) is 0 Å². The second-order valence-corrected chi connectivity index (χ2v) is 14.5. The maximum absolute atomic E-state index is 12.9. The summed E-state index contributed by atoms with van der Waals surface area (Å²) in [7, 11) is 0. The van der Waals surface area contributed by atoms with Crippen molar-refractivity contribution in [2.45, 2.75) is 205 Å². The monoisotopic (exact) mass is 634 g/mol. The van der Waals surface area contributed by atoms with Crippen molar-refractivity contribution in [1.29, 1.82) is 0 Å². The van der Waals surface area contributed by atoms with Crippen LogP contribution in [0.4, 0.5) is 0 Å². The minimum absolute atomic E-state index is 0.112. The zero-order chi connectivity index (χ0) is 31.7. The quantitative estimate of drug-likeness (QED) is 0.0482. The number of esters is 2. The third-order valence-electron chi connectivity index (χ3n) is 10.5. The number of epoxide rings is 3. The Labute approximate surface area is 274 Å². The van der Waals surface area contributed by atoms with Crippen LogP contribution >= 0.6 is 0 Å². The lowest BCUT2D eigenvalue weighted by Gasteiger charge is -2.26. The van der Waals surface area contributed by atoms with Crippen molar-refractivity contribution in [2.75, 3.05) is 13.2 Å². The summed E-state index contributed by atoms with van der Waals surface area (Å²) in [6, 6.07) is 0. The van der Waals surface area contributed by atoms with Crippen molar-refractivity contribution < 1.29 is 33.3 Å². The van der Waals surface area contributed by atoms with Gasteiger partial charge >= 0.3 is 11.9 Å². The molecule has 4 fully saturated rings. The van der Waals surface area contributed by atoms with Crippen molar-refractivity contribution in [3.8, 4) is 0 Å². The summed E-state index contributed by atoms with van der Waals surface area (Å²) >= 11 is 0. The summed E-state index contributed by atoms with van der Waals surface area (Å²) < 4.78 is 28.4. The van der Waals surface area contributed by atoms with E-state index in [0.717, 1.165) is 25.7 Å². The van der Waals surface area contributed by atoms with Crippen molar-refractivity contribution in [1.82, 2.24) is 0 Å². The van der Waals surface area contributed by atoms with Gasteiger partial charge < -0.3 is 23.7 Å². The number of hydrogen-bond donors (Lipinski definition) is 0. The predicted octanol–water partition coefficient (Wildman–Crippen LogP) is 9.02. The minimum Gasteiger partial charge on any atom is -0.465 e. The zero-order valence-corrected chi connectivity index (χ0v) is 28.9. The lowest BCUT2D eigenvalue weighted by Crippen LogP contribution is -2.37. The Hall–Kier alpha value is -1.18. The minimum atomic E-state index is -0.427. The molecule has 0 aromatic carbocycles. The molecular weight excluding hydrogens is 568 g/mol. The van der Waals surface area contributed by atoms with Crippen LogP contribution < -0.4 is 0 Å². The normalized spacial score (nSPS) is 29.6. The molecule has 45 heavy (non-hydrogen) atoms. The molecule has 0 aromatic rings. The smallest absolute Gasteiger partial charge is 0.309 e. The van der Waals surface area contributed by atoms with Gasteiger partial charge in [-0.3, -0.25) is 9.59 Å². The number of hydrogen-bond acceptors (Lipinski definition) is 7. The molecule has 3 aliphatic heterocycles. The van der Waals surface area contributed by atoms with Crippen LogP contribution in [0.5, 0.6) is 0 Å². The molecule has 0 amide bonds. The van der Waals surface area contributed by atoms with Gasteiger partial charge in [-0.15, -0.1) is 0 Å². The average Bonchev–Trinajstić information content (AvgIpc) is 3.95. The summed E-state index contributed by atoms with van der Waals surface area (Å²) in [5.41, 5.74) is 0. The lowest BCUT2D eigenvalue weighted by atomic mass is 9.79. The molecule has 4 aliphatic rings. The second-order valence-electron chi connectivity index (χ2n) is 14.5. The first-order chi connectivity index (χ1) is 22.1. The van der Waals surface area contributed by atoms with Gasteiger partial charge in [-0.1, -0.05) is 117 Å². The van der Waals surface area contributed by atoms with E-state index in [0.29, 0.717) is 50.5 Å². The Balaban J connectivity index is 0.941. The van der Waals surface area contributed by atoms with Gasteiger partial charge in [0.05, 0.1) is 61.7 Å². The summed E-state index contributed by atoms with van der Waals surface area (Å²) in [4.78, 5) is 25.9. The molecule has 0 bridgehead atoms. The standard InChI is InChI=1S/C38H66O7/c1-3-21-31-33(43-31)23-17-13-9-5-7-11-15-19-25-41-37(39)29-27-35-36(45-35)28-30(29)38(40)42-26-20-16-12-8-6-10-14-18-24-34-32(44-34)22-4-2/h29-36H,3-28H2,1-2H3. The van der Waals surface area contributed by atoms with E-state index in [1.54, 1.807) is 0 Å². The number of carbonyl (C=O) groups excluding carboxylic acids is 2. The molecule has 7 nitrogen and oxygen atoms in total. The fourth-order valence-corrected chi connectivity index (χ4v) is 7.46. The third-order valence-corrected chi connectivity index (χ3v) is 10.5. The summed E-state index contributed by atoms with van der Waals surface area (Å²) in [6.45, 7) is 5.35. The van der Waals surface area contributed by atoms with Crippen molar-refractivity contribution in [3.05, 3.63) is 0 Å². The van der Waals surface area contributed by atoms with Crippen LogP contribution in [0.1, 0.15) is 168 Å². The van der Waals surface area contributed by atoms with E-state index in [1.807, 2.05) is 0 Å². The summed E-state index contributed by atoms with van der Waals surface area (Å²) in [6.07, 6.45) is 30.2. The maximum Gasteiger partial charge on any atom is 0.309 e. The summed E-state index contributed by atoms with van der Waals surface area (Å²) in [5, 5.41) is 0. The van der Waals surface area contributed by atoms with Crippen molar-refractivity contribution in [2.24, 2.45) is 11.8 Å². The molecule has 1 aliphatic carbocycles. The van der Waals surface area contributed by atoms with E-state index in [-0.39, 0.29) is 24.1 Å². The maximum atomic E-state index is 12.9. The first kappa shape index (κ1) is 36.7. The summed E-state index contributed by atoms with van der Waals surface area (Å²) in [5.74, 6) is -1.33. The zero-order valence-electron chi connectivity index (χ0n) is 28.9. The lowest BCUT2D eigenvalue weighted by molar-refractivity contribution is -0.162. The molecule has 4 rings (SSSR count). The average molecular weight is 635 g/mol. The fourth-order valence-electron chi connectivity index (χ4n) is 7.46. The van der Waals surface area contributed by atoms with Gasteiger partial charge in [0.1, 0.15) is 0 Å². The highest BCUT2D eigenvalue weighted by Gasteiger charge is 2.53. The van der Waals surface area contributed by atoms with Crippen LogP contribution in [0.2, 0.25) is 0 Å². The van der Waals surface area contributed by atoms with E-state index < -0.39 is 11.8 Å². The topological polar surface area (TPSA) is 90.2 Å². The predicted molar refractivity (Wildman–Crippen MR) is 177 cm³/mol. The van der Waals surface area contributed by atoms with Gasteiger partial charge in [-0.05, 0) is 51.4 Å². The fraction of sp³-hybridized carbons (Fsp3) is 0.947. The molecule has 0 radical (unpaired) electrons. The van der Waals surface area contributed by atoms with Crippen LogP contribution in [0, 0.1) is 11.8 Å². The first-order valence-electron chi connectivity index (χ1n) is 19.4. The number of unbranched alkanes of at least 4 members (excludes halogenated alkanes) is 14. The van der Waals surface area contributed by atoms with E-state index in [2.05, 4.69) is 13.8 Å².